The fourth-order valence-electron chi connectivity index (χ4n) is 2.49. The molecule has 2 rings (SSSR count). The van der Waals surface area contributed by atoms with E-state index in [-0.39, 0.29) is 0 Å². The summed E-state index contributed by atoms with van der Waals surface area (Å²) in [5, 5.41) is 13.1. The minimum atomic E-state index is -0.522. The summed E-state index contributed by atoms with van der Waals surface area (Å²) >= 11 is 7.76. The molecule has 0 fully saturated rings. The van der Waals surface area contributed by atoms with Gasteiger partial charge in [-0.2, -0.15) is 0 Å². The number of halogens is 1. The van der Waals surface area contributed by atoms with Gasteiger partial charge in [0.05, 0.1) is 16.0 Å². The number of aliphatic hydroxyl groups is 1. The van der Waals surface area contributed by atoms with Crippen LogP contribution in [0.4, 0.5) is 0 Å². The second-order valence-corrected chi connectivity index (χ2v) is 6.48. The molecule has 0 amide bonds. The van der Waals surface area contributed by atoms with Crippen LogP contribution in [-0.2, 0) is 6.42 Å². The van der Waals surface area contributed by atoms with Crippen molar-refractivity contribution in [2.75, 3.05) is 0 Å². The lowest BCUT2D eigenvalue weighted by Crippen LogP contribution is -2.04. The third-order valence-electron chi connectivity index (χ3n) is 3.47. The fourth-order valence-corrected chi connectivity index (χ4v) is 3.80. The lowest BCUT2D eigenvalue weighted by Gasteiger charge is -2.15. The third kappa shape index (κ3) is 3.02. The van der Waals surface area contributed by atoms with Gasteiger partial charge in [0.15, 0.2) is 0 Å². The van der Waals surface area contributed by atoms with Gasteiger partial charge >= 0.3 is 0 Å². The van der Waals surface area contributed by atoms with Crippen LogP contribution in [-0.4, -0.2) is 5.11 Å². The summed E-state index contributed by atoms with van der Waals surface area (Å²) < 4.78 is 0. The number of aryl methyl sites for hydroxylation is 4. The lowest BCUT2D eigenvalue weighted by atomic mass is 9.95. The fraction of sp³-hybridized carbons (Fsp3) is 0.375. The number of hydrogen-bond donors (Lipinski definition) is 1. The smallest absolute Gasteiger partial charge is 0.0937 e. The molecular formula is C16H19ClOS. The predicted octanol–water partition coefficient (Wildman–Crippen LogP) is 4.91. The average Bonchev–Trinajstić information content (AvgIpc) is 2.64. The van der Waals surface area contributed by atoms with Crippen molar-refractivity contribution in [2.24, 2.45) is 0 Å². The van der Waals surface area contributed by atoms with Crippen LogP contribution in [0.25, 0.3) is 0 Å². The highest BCUT2D eigenvalue weighted by molar-refractivity contribution is 7.10. The van der Waals surface area contributed by atoms with Gasteiger partial charge in [0.25, 0.3) is 0 Å². The van der Waals surface area contributed by atoms with Crippen LogP contribution in [0.15, 0.2) is 17.5 Å². The van der Waals surface area contributed by atoms with Crippen molar-refractivity contribution in [1.29, 1.82) is 0 Å². The Morgan fingerprint density at radius 3 is 2.16 bits per heavy atom. The molecule has 1 aromatic heterocycles. The van der Waals surface area contributed by atoms with Crippen molar-refractivity contribution in [2.45, 2.75) is 40.2 Å². The maximum atomic E-state index is 10.4. The molecule has 2 aromatic rings. The number of aliphatic hydroxyl groups excluding tert-OH is 1. The molecule has 0 spiro atoms. The highest BCUT2D eigenvalue weighted by Gasteiger charge is 2.17. The van der Waals surface area contributed by atoms with E-state index in [9.17, 15) is 5.11 Å². The topological polar surface area (TPSA) is 20.2 Å². The molecule has 1 aromatic carbocycles. The van der Waals surface area contributed by atoms with Crippen LogP contribution in [0.1, 0.15) is 38.8 Å². The van der Waals surface area contributed by atoms with E-state index in [1.54, 1.807) is 0 Å². The minimum absolute atomic E-state index is 0.522. The Balaban J connectivity index is 2.29. The minimum Gasteiger partial charge on any atom is -0.387 e. The van der Waals surface area contributed by atoms with E-state index < -0.39 is 6.10 Å². The molecule has 102 valence electrons. The van der Waals surface area contributed by atoms with Gasteiger partial charge in [0, 0.05) is 6.42 Å². The first kappa shape index (κ1) is 14.6. The molecule has 1 N–H and O–H groups in total. The zero-order valence-electron chi connectivity index (χ0n) is 11.7. The second-order valence-electron chi connectivity index (χ2n) is 5.19. The van der Waals surface area contributed by atoms with Gasteiger partial charge in [-0.25, -0.2) is 0 Å². The number of thiophene rings is 1. The number of benzene rings is 1. The van der Waals surface area contributed by atoms with E-state index >= 15 is 0 Å². The van der Waals surface area contributed by atoms with Gasteiger partial charge in [0.2, 0.25) is 0 Å². The maximum Gasteiger partial charge on any atom is 0.0937 e. The van der Waals surface area contributed by atoms with E-state index in [1.165, 1.54) is 33.6 Å². The summed E-state index contributed by atoms with van der Waals surface area (Å²) in [4.78, 5) is 0.874. The third-order valence-corrected chi connectivity index (χ3v) is 5.28. The lowest BCUT2D eigenvalue weighted by molar-refractivity contribution is 0.182. The Kier molecular flexibility index (Phi) is 4.34. The van der Waals surface area contributed by atoms with Crippen molar-refractivity contribution < 1.29 is 5.11 Å². The van der Waals surface area contributed by atoms with Crippen LogP contribution in [0.2, 0.25) is 5.02 Å². The predicted molar refractivity (Wildman–Crippen MR) is 83.4 cm³/mol. The molecular weight excluding hydrogens is 276 g/mol. The Bertz CT molecular complexity index is 578. The van der Waals surface area contributed by atoms with Crippen molar-refractivity contribution >= 4 is 22.9 Å². The van der Waals surface area contributed by atoms with Crippen LogP contribution in [0.3, 0.4) is 0 Å². The zero-order valence-corrected chi connectivity index (χ0v) is 13.3. The zero-order chi connectivity index (χ0) is 14.2. The molecule has 1 unspecified atom stereocenters. The highest BCUT2D eigenvalue weighted by Crippen LogP contribution is 2.34. The maximum absolute atomic E-state index is 10.4. The van der Waals surface area contributed by atoms with Gasteiger partial charge < -0.3 is 5.11 Å². The molecule has 1 nitrogen and oxygen atoms in total. The summed E-state index contributed by atoms with van der Waals surface area (Å²) in [6.07, 6.45) is 0.101. The molecule has 0 saturated carbocycles. The first-order valence-corrected chi connectivity index (χ1v) is 7.64. The highest BCUT2D eigenvalue weighted by atomic mass is 35.5. The quantitative estimate of drug-likeness (QED) is 0.852. The second kappa shape index (κ2) is 5.66. The van der Waals surface area contributed by atoms with E-state index in [0.29, 0.717) is 11.4 Å². The van der Waals surface area contributed by atoms with Gasteiger partial charge in [-0.15, -0.1) is 11.3 Å². The van der Waals surface area contributed by atoms with Crippen molar-refractivity contribution in [3.63, 3.8) is 0 Å². The molecule has 0 bridgehead atoms. The van der Waals surface area contributed by atoms with Gasteiger partial charge in [-0.05, 0) is 55.3 Å². The molecule has 0 aliphatic heterocycles. The molecule has 3 heteroatoms. The summed E-state index contributed by atoms with van der Waals surface area (Å²) in [7, 11) is 0. The van der Waals surface area contributed by atoms with Crippen LogP contribution in [0, 0.1) is 27.7 Å². The van der Waals surface area contributed by atoms with Crippen LogP contribution in [0.5, 0.6) is 0 Å². The van der Waals surface area contributed by atoms with E-state index in [2.05, 4.69) is 32.9 Å². The summed E-state index contributed by atoms with van der Waals surface area (Å²) in [6.45, 7) is 8.27. The van der Waals surface area contributed by atoms with Crippen molar-refractivity contribution in [1.82, 2.24) is 0 Å². The summed E-state index contributed by atoms with van der Waals surface area (Å²) in [5.74, 6) is 0. The molecule has 1 atom stereocenters. The average molecular weight is 295 g/mol. The van der Waals surface area contributed by atoms with Gasteiger partial charge in [-0.1, -0.05) is 29.3 Å². The number of rotatable bonds is 3. The first-order chi connectivity index (χ1) is 8.90. The Morgan fingerprint density at radius 1 is 1.11 bits per heavy atom. The Hall–Kier alpha value is -0.830. The Morgan fingerprint density at radius 2 is 1.68 bits per heavy atom. The molecule has 0 radical (unpaired) electrons. The monoisotopic (exact) mass is 294 g/mol. The molecule has 1 heterocycles. The Labute approximate surface area is 123 Å². The molecule has 19 heavy (non-hydrogen) atoms. The largest absolute Gasteiger partial charge is 0.387 e. The van der Waals surface area contributed by atoms with Crippen molar-refractivity contribution in [3.05, 3.63) is 55.2 Å². The molecule has 0 saturated heterocycles. The molecule has 0 aliphatic carbocycles. The van der Waals surface area contributed by atoms with E-state index in [1.807, 2.05) is 12.3 Å². The van der Waals surface area contributed by atoms with E-state index in [0.717, 1.165) is 10.4 Å². The van der Waals surface area contributed by atoms with Crippen molar-refractivity contribution in [3.8, 4) is 0 Å². The standard InChI is InChI=1S/C16H19ClOS/c1-9-5-10(2)13(11(3)6-9)7-14(18)16-15(17)12(4)8-19-16/h5-6,8,14,18H,7H2,1-4H3. The summed E-state index contributed by atoms with van der Waals surface area (Å²) in [5.41, 5.74) is 6.00. The van der Waals surface area contributed by atoms with Crippen LogP contribution < -0.4 is 0 Å². The number of hydrogen-bond acceptors (Lipinski definition) is 2. The summed E-state index contributed by atoms with van der Waals surface area (Å²) in [6, 6.07) is 4.33. The SMILES string of the molecule is Cc1cc(C)c(CC(O)c2scc(C)c2Cl)c(C)c1. The van der Waals surface area contributed by atoms with Gasteiger partial charge in [0.1, 0.15) is 0 Å². The van der Waals surface area contributed by atoms with Gasteiger partial charge in [-0.3, -0.25) is 0 Å². The normalized spacial score (nSPS) is 12.7. The first-order valence-electron chi connectivity index (χ1n) is 6.38. The molecule has 0 aliphatic rings. The van der Waals surface area contributed by atoms with E-state index in [4.69, 9.17) is 11.6 Å². The van der Waals surface area contributed by atoms with Crippen LogP contribution >= 0.6 is 22.9 Å².